The minimum absolute atomic E-state index is 0.107. The second kappa shape index (κ2) is 24.1. The van der Waals surface area contributed by atoms with Gasteiger partial charge < -0.3 is 18.9 Å². The normalized spacial score (nSPS) is 13.4. The van der Waals surface area contributed by atoms with Crippen LogP contribution in [0.15, 0.2) is 284 Å². The van der Waals surface area contributed by atoms with Crippen molar-refractivity contribution in [1.82, 2.24) is 0 Å². The Morgan fingerprint density at radius 3 is 0.845 bits per heavy atom. The number of sulfone groups is 3. The van der Waals surface area contributed by atoms with Gasteiger partial charge in [-0.25, -0.2) is 25.3 Å². The van der Waals surface area contributed by atoms with Crippen molar-refractivity contribution in [3.63, 3.8) is 0 Å². The van der Waals surface area contributed by atoms with E-state index in [1.54, 1.807) is 148 Å². The highest BCUT2D eigenvalue weighted by Gasteiger charge is 2.31. The fourth-order valence-corrected chi connectivity index (χ4v) is 13.9. The Bertz CT molecular complexity index is 4290. The summed E-state index contributed by atoms with van der Waals surface area (Å²) in [5.41, 5.74) is 6.45. The van der Waals surface area contributed by atoms with Gasteiger partial charge in [-0.05, 0) is 206 Å². The molecule has 13 heteroatoms. The van der Waals surface area contributed by atoms with Crippen molar-refractivity contribution in [3.8, 4) is 45.6 Å². The molecular formula is C71H62O10S3. The van der Waals surface area contributed by atoms with Gasteiger partial charge in [0.25, 0.3) is 0 Å². The number of ether oxygens (including phenoxy) is 4. The van der Waals surface area contributed by atoms with Gasteiger partial charge in [0.05, 0.1) is 43.6 Å². The lowest BCUT2D eigenvalue weighted by molar-refractivity contribution is 0.414. The SMILES string of the molecule is COc1ccc(C(C)(C=CCC(C)(c2ccc(OC)cc2)c2ccc(Oc3ccc(S(=O)(=O)c4ccc(-c5ccc(S(=O)(=O)c6ccc(C)cc6)cc5)cc4)cc3)cc2)c2ccc(Oc3ccc(S(=O)(=O)c4ccc(C)cc4)cc3)cc2)cc1. The maximum atomic E-state index is 13.8. The summed E-state index contributed by atoms with van der Waals surface area (Å²) in [6.45, 7) is 8.20. The minimum atomic E-state index is -3.89. The monoisotopic (exact) mass is 1170 g/mol. The van der Waals surface area contributed by atoms with Crippen molar-refractivity contribution in [2.45, 2.75) is 74.3 Å². The first-order valence-corrected chi connectivity index (χ1v) is 31.6. The van der Waals surface area contributed by atoms with Crippen LogP contribution in [0.2, 0.25) is 0 Å². The predicted octanol–water partition coefficient (Wildman–Crippen LogP) is 16.3. The lowest BCUT2D eigenvalue weighted by atomic mass is 9.72. The standard InChI is InChI=1S/C71H62O10S3/c1-50-8-36-64(37-9-50)82(72,73)66-40-12-52(13-41-66)53-14-42-67(43-15-53)84(76,77)69-46-34-63(35-47-69)81-61-30-22-57(23-31-61)71(4,55-18-26-59(79-6)27-19-55)49-7-48-70(3,54-16-24-58(78-5)25-17-54)56-20-28-60(29-21-56)80-62-32-44-68(45-33-62)83(74,75)65-38-10-51(2)11-39-65/h7-48H,49H2,1-6H3. The molecule has 10 aromatic carbocycles. The third kappa shape index (κ3) is 12.4. The molecule has 0 spiro atoms. The summed E-state index contributed by atoms with van der Waals surface area (Å²) in [4.78, 5) is 1.03. The number of allylic oxidation sites excluding steroid dienone is 2. The number of rotatable bonds is 20. The van der Waals surface area contributed by atoms with Crippen LogP contribution < -0.4 is 18.9 Å². The van der Waals surface area contributed by atoms with E-state index in [0.29, 0.717) is 29.4 Å². The molecule has 0 saturated heterocycles. The second-order valence-corrected chi connectivity index (χ2v) is 26.8. The Kier molecular flexibility index (Phi) is 16.7. The number of aryl methyl sites for hydroxylation is 2. The summed E-state index contributed by atoms with van der Waals surface area (Å²) < 4.78 is 104. The van der Waals surface area contributed by atoms with Crippen molar-refractivity contribution in [1.29, 1.82) is 0 Å². The van der Waals surface area contributed by atoms with Crippen molar-refractivity contribution >= 4 is 29.5 Å². The van der Waals surface area contributed by atoms with Crippen LogP contribution in [-0.4, -0.2) is 39.5 Å². The van der Waals surface area contributed by atoms with E-state index in [1.807, 2.05) is 74.5 Å². The molecule has 0 bridgehead atoms. The molecule has 10 rings (SSSR count). The van der Waals surface area contributed by atoms with E-state index in [1.165, 1.54) is 12.1 Å². The number of methoxy groups -OCH3 is 2. The van der Waals surface area contributed by atoms with Gasteiger partial charge in [0, 0.05) is 10.8 Å². The number of benzene rings is 10. The minimum Gasteiger partial charge on any atom is -0.497 e. The van der Waals surface area contributed by atoms with E-state index in [4.69, 9.17) is 18.9 Å². The molecule has 2 unspecified atom stereocenters. The lowest BCUT2D eigenvalue weighted by Gasteiger charge is -2.32. The van der Waals surface area contributed by atoms with Crippen LogP contribution >= 0.6 is 0 Å². The van der Waals surface area contributed by atoms with Crippen molar-refractivity contribution in [3.05, 3.63) is 288 Å². The summed E-state index contributed by atoms with van der Waals surface area (Å²) in [7, 11) is -7.98. The van der Waals surface area contributed by atoms with Gasteiger partial charge in [-0.1, -0.05) is 127 Å². The van der Waals surface area contributed by atoms with E-state index in [0.717, 1.165) is 56.0 Å². The average Bonchev–Trinajstić information content (AvgIpc) is 3.49. The lowest BCUT2D eigenvalue weighted by Crippen LogP contribution is -2.24. The summed E-state index contributed by atoms with van der Waals surface area (Å²) >= 11 is 0. The van der Waals surface area contributed by atoms with Crippen LogP contribution in [0.3, 0.4) is 0 Å². The smallest absolute Gasteiger partial charge is 0.206 e. The molecule has 0 N–H and O–H groups in total. The van der Waals surface area contributed by atoms with Crippen molar-refractivity contribution in [2.75, 3.05) is 14.2 Å². The maximum absolute atomic E-state index is 13.8. The van der Waals surface area contributed by atoms with E-state index in [-0.39, 0.29) is 29.4 Å². The molecule has 0 aromatic heterocycles. The number of hydrogen-bond acceptors (Lipinski definition) is 10. The Labute approximate surface area is 493 Å². The Morgan fingerprint density at radius 2 is 0.560 bits per heavy atom. The molecule has 0 amide bonds. The molecule has 10 nitrogen and oxygen atoms in total. The van der Waals surface area contributed by atoms with Gasteiger partial charge in [-0.2, -0.15) is 0 Å². The summed E-state index contributed by atoms with van der Waals surface area (Å²) in [6, 6.07) is 71.4. The fourth-order valence-electron chi connectivity index (χ4n) is 10.1. The molecule has 10 aromatic rings. The highest BCUT2D eigenvalue weighted by Crippen LogP contribution is 2.41. The molecular weight excluding hydrogens is 1110 g/mol. The van der Waals surface area contributed by atoms with Gasteiger partial charge in [0.2, 0.25) is 29.5 Å². The van der Waals surface area contributed by atoms with E-state index in [2.05, 4.69) is 62.4 Å². The van der Waals surface area contributed by atoms with Crippen molar-refractivity contribution in [2.24, 2.45) is 0 Å². The van der Waals surface area contributed by atoms with Crippen LogP contribution in [-0.2, 0) is 40.3 Å². The van der Waals surface area contributed by atoms with Gasteiger partial charge in [0.1, 0.15) is 34.5 Å². The zero-order chi connectivity index (χ0) is 59.3. The third-order valence-corrected chi connectivity index (χ3v) is 20.8. The van der Waals surface area contributed by atoms with E-state index < -0.39 is 40.3 Å². The van der Waals surface area contributed by atoms with Crippen LogP contribution in [0.25, 0.3) is 11.1 Å². The van der Waals surface area contributed by atoms with Crippen molar-refractivity contribution < 1.29 is 44.2 Å². The Balaban J connectivity index is 0.841. The first kappa shape index (κ1) is 58.2. The highest BCUT2D eigenvalue weighted by atomic mass is 32.2. The number of hydrogen-bond donors (Lipinski definition) is 0. The third-order valence-electron chi connectivity index (χ3n) is 15.4. The molecule has 0 aliphatic heterocycles. The molecule has 0 radical (unpaired) electrons. The van der Waals surface area contributed by atoms with E-state index in [9.17, 15) is 25.3 Å². The van der Waals surface area contributed by atoms with E-state index >= 15 is 0 Å². The topological polar surface area (TPSA) is 139 Å². The first-order valence-electron chi connectivity index (χ1n) is 27.1. The van der Waals surface area contributed by atoms with Crippen LogP contribution in [0.4, 0.5) is 0 Å². The zero-order valence-corrected chi connectivity index (χ0v) is 49.7. The molecule has 0 heterocycles. The maximum Gasteiger partial charge on any atom is 0.206 e. The van der Waals surface area contributed by atoms with Gasteiger partial charge in [-0.3, -0.25) is 0 Å². The summed E-state index contributed by atoms with van der Waals surface area (Å²) in [6.07, 6.45) is 5.07. The fraction of sp³-hybridized carbons (Fsp3) is 0.127. The molecule has 0 aliphatic carbocycles. The molecule has 0 aliphatic rings. The molecule has 0 saturated carbocycles. The molecule has 424 valence electrons. The summed E-state index contributed by atoms with van der Waals surface area (Å²) in [5, 5.41) is 0. The Hall–Kier alpha value is -9.01. The van der Waals surface area contributed by atoms with Crippen LogP contribution in [0, 0.1) is 13.8 Å². The Morgan fingerprint density at radius 1 is 0.321 bits per heavy atom. The van der Waals surface area contributed by atoms with Crippen LogP contribution in [0.1, 0.15) is 53.6 Å². The second-order valence-electron chi connectivity index (χ2n) is 21.0. The van der Waals surface area contributed by atoms with Gasteiger partial charge in [-0.15, -0.1) is 0 Å². The molecule has 84 heavy (non-hydrogen) atoms. The first-order chi connectivity index (χ1) is 40.3. The largest absolute Gasteiger partial charge is 0.497 e. The van der Waals surface area contributed by atoms with Crippen LogP contribution in [0.5, 0.6) is 34.5 Å². The average molecular weight is 1170 g/mol. The molecule has 2 atom stereocenters. The summed E-state index contributed by atoms with van der Waals surface area (Å²) in [5.74, 6) is 3.62. The zero-order valence-electron chi connectivity index (χ0n) is 47.3. The van der Waals surface area contributed by atoms with Gasteiger partial charge in [0.15, 0.2) is 0 Å². The predicted molar refractivity (Wildman–Crippen MR) is 329 cm³/mol. The highest BCUT2D eigenvalue weighted by molar-refractivity contribution is 7.92. The quantitative estimate of drug-likeness (QED) is 0.0678. The molecule has 0 fully saturated rings. The van der Waals surface area contributed by atoms with Gasteiger partial charge >= 0.3 is 0 Å².